The predicted molar refractivity (Wildman–Crippen MR) is 99.1 cm³/mol. The van der Waals surface area contributed by atoms with E-state index in [0.29, 0.717) is 42.6 Å². The van der Waals surface area contributed by atoms with Gasteiger partial charge in [-0.05, 0) is 24.1 Å². The first-order valence-electron chi connectivity index (χ1n) is 8.46. The number of rotatable bonds is 3. The number of urea groups is 1. The number of nitrogens with zero attached hydrogens (tertiary/aromatic N) is 1. The van der Waals surface area contributed by atoms with Crippen molar-refractivity contribution in [1.29, 1.82) is 0 Å². The highest BCUT2D eigenvalue weighted by Gasteiger charge is 2.45. The Hall–Kier alpha value is -1.46. The summed E-state index contributed by atoms with van der Waals surface area (Å²) >= 11 is 12.1. The highest BCUT2D eigenvalue weighted by Crippen LogP contribution is 2.36. The molecular weight excluding hydrogens is 361 g/mol. The first kappa shape index (κ1) is 18.3. The van der Waals surface area contributed by atoms with E-state index in [0.717, 1.165) is 12.0 Å². The van der Waals surface area contributed by atoms with E-state index in [1.807, 2.05) is 17.0 Å². The summed E-state index contributed by atoms with van der Waals surface area (Å²) in [5.41, 5.74) is 0.672. The molecule has 3 amide bonds. The summed E-state index contributed by atoms with van der Waals surface area (Å²) < 4.78 is 0. The van der Waals surface area contributed by atoms with Crippen molar-refractivity contribution < 1.29 is 9.59 Å². The Morgan fingerprint density at radius 2 is 2.12 bits per heavy atom. The number of amides is 3. The molecule has 1 atom stereocenters. The van der Waals surface area contributed by atoms with Crippen molar-refractivity contribution in [1.82, 2.24) is 15.5 Å². The third-order valence-electron chi connectivity index (χ3n) is 5.30. The van der Waals surface area contributed by atoms with Crippen molar-refractivity contribution in [3.05, 3.63) is 33.8 Å². The number of halogens is 2. The minimum Gasteiger partial charge on any atom is -0.355 e. The van der Waals surface area contributed by atoms with Crippen LogP contribution in [0.4, 0.5) is 4.79 Å². The van der Waals surface area contributed by atoms with Crippen LogP contribution < -0.4 is 10.6 Å². The van der Waals surface area contributed by atoms with E-state index in [2.05, 4.69) is 24.5 Å². The molecule has 1 aromatic rings. The van der Waals surface area contributed by atoms with Gasteiger partial charge in [0.1, 0.15) is 0 Å². The lowest BCUT2D eigenvalue weighted by atomic mass is 9.84. The second-order valence-corrected chi connectivity index (χ2v) is 8.61. The minimum atomic E-state index is -0.272. The van der Waals surface area contributed by atoms with Gasteiger partial charge in [-0.3, -0.25) is 4.79 Å². The van der Waals surface area contributed by atoms with Gasteiger partial charge in [0.25, 0.3) is 0 Å². The standard InChI is InChI=1S/C18H23Cl2N3O2/c1-17(2,12-3-4-13(19)14(20)7-12)9-22-16(25)23-6-5-18(11-23)8-15(24)21-10-18/h3-4,7H,5-6,8-11H2,1-2H3,(H,21,24)(H,22,25). The molecule has 7 heteroatoms. The molecule has 0 bridgehead atoms. The van der Waals surface area contributed by atoms with Gasteiger partial charge in [0, 0.05) is 43.4 Å². The summed E-state index contributed by atoms with van der Waals surface area (Å²) in [6.07, 6.45) is 1.39. The molecule has 2 aliphatic heterocycles. The van der Waals surface area contributed by atoms with Crippen LogP contribution in [0.1, 0.15) is 32.3 Å². The molecule has 2 fully saturated rings. The normalized spacial score (nSPS) is 23.2. The summed E-state index contributed by atoms with van der Waals surface area (Å²) in [6, 6.07) is 5.47. The van der Waals surface area contributed by atoms with Gasteiger partial charge in [-0.15, -0.1) is 0 Å². The lowest BCUT2D eigenvalue weighted by Crippen LogP contribution is -2.44. The fourth-order valence-electron chi connectivity index (χ4n) is 3.58. The molecule has 1 unspecified atom stereocenters. The molecule has 2 N–H and O–H groups in total. The van der Waals surface area contributed by atoms with Crippen LogP contribution in [-0.4, -0.2) is 43.0 Å². The minimum absolute atomic E-state index is 0.0757. The highest BCUT2D eigenvalue weighted by atomic mass is 35.5. The van der Waals surface area contributed by atoms with Crippen molar-refractivity contribution >= 4 is 35.1 Å². The van der Waals surface area contributed by atoms with Crippen molar-refractivity contribution in [3.8, 4) is 0 Å². The van der Waals surface area contributed by atoms with E-state index in [1.54, 1.807) is 6.07 Å². The third-order valence-corrected chi connectivity index (χ3v) is 6.04. The lowest BCUT2D eigenvalue weighted by molar-refractivity contribution is -0.119. The monoisotopic (exact) mass is 383 g/mol. The Kier molecular flexibility index (Phi) is 4.91. The topological polar surface area (TPSA) is 61.4 Å². The lowest BCUT2D eigenvalue weighted by Gasteiger charge is -2.28. The first-order chi connectivity index (χ1) is 11.7. The van der Waals surface area contributed by atoms with Crippen LogP contribution in [0, 0.1) is 5.41 Å². The quantitative estimate of drug-likeness (QED) is 0.841. The average molecular weight is 384 g/mol. The number of hydrogen-bond acceptors (Lipinski definition) is 2. The zero-order chi connectivity index (χ0) is 18.2. The summed E-state index contributed by atoms with van der Waals surface area (Å²) in [6.45, 7) is 6.59. The van der Waals surface area contributed by atoms with Crippen LogP contribution in [0.25, 0.3) is 0 Å². The van der Waals surface area contributed by atoms with E-state index in [9.17, 15) is 9.59 Å². The molecule has 2 aliphatic rings. The number of benzene rings is 1. The van der Waals surface area contributed by atoms with Crippen LogP contribution >= 0.6 is 23.2 Å². The zero-order valence-corrected chi connectivity index (χ0v) is 16.0. The van der Waals surface area contributed by atoms with Gasteiger partial charge < -0.3 is 15.5 Å². The number of likely N-dealkylation sites (tertiary alicyclic amines) is 1. The van der Waals surface area contributed by atoms with E-state index >= 15 is 0 Å². The number of carbonyl (C=O) groups is 2. The maximum absolute atomic E-state index is 12.5. The molecule has 1 aromatic carbocycles. The average Bonchev–Trinajstić information content (AvgIpc) is 3.14. The molecule has 0 radical (unpaired) electrons. The van der Waals surface area contributed by atoms with Crippen molar-refractivity contribution in [3.63, 3.8) is 0 Å². The fourth-order valence-corrected chi connectivity index (χ4v) is 3.87. The Morgan fingerprint density at radius 3 is 2.76 bits per heavy atom. The molecule has 5 nitrogen and oxygen atoms in total. The maximum atomic E-state index is 12.5. The van der Waals surface area contributed by atoms with Gasteiger partial charge in [0.15, 0.2) is 0 Å². The smallest absolute Gasteiger partial charge is 0.317 e. The van der Waals surface area contributed by atoms with Gasteiger partial charge in [-0.1, -0.05) is 43.1 Å². The van der Waals surface area contributed by atoms with Crippen molar-refractivity contribution in [2.24, 2.45) is 5.41 Å². The van der Waals surface area contributed by atoms with Gasteiger partial charge in [0.05, 0.1) is 10.0 Å². The molecule has 136 valence electrons. The zero-order valence-electron chi connectivity index (χ0n) is 14.5. The van der Waals surface area contributed by atoms with Gasteiger partial charge in [0.2, 0.25) is 5.91 Å². The molecule has 3 rings (SSSR count). The summed E-state index contributed by atoms with van der Waals surface area (Å²) in [5.74, 6) is 0.0861. The summed E-state index contributed by atoms with van der Waals surface area (Å²) in [7, 11) is 0. The molecule has 2 saturated heterocycles. The highest BCUT2D eigenvalue weighted by molar-refractivity contribution is 6.42. The molecule has 2 heterocycles. The van der Waals surface area contributed by atoms with E-state index in [1.165, 1.54) is 0 Å². The van der Waals surface area contributed by atoms with Crippen LogP contribution in [0.2, 0.25) is 10.0 Å². The molecule has 0 aliphatic carbocycles. The molecule has 25 heavy (non-hydrogen) atoms. The van der Waals surface area contributed by atoms with Crippen LogP contribution in [0.3, 0.4) is 0 Å². The Bertz CT molecular complexity index is 708. The van der Waals surface area contributed by atoms with Crippen molar-refractivity contribution in [2.75, 3.05) is 26.2 Å². The second-order valence-electron chi connectivity index (χ2n) is 7.80. The van der Waals surface area contributed by atoms with Crippen LogP contribution in [-0.2, 0) is 10.2 Å². The second kappa shape index (κ2) is 6.69. The van der Waals surface area contributed by atoms with E-state index in [-0.39, 0.29) is 22.8 Å². The largest absolute Gasteiger partial charge is 0.355 e. The molecular formula is C18H23Cl2N3O2. The summed E-state index contributed by atoms with van der Waals surface area (Å²) in [4.78, 5) is 25.8. The van der Waals surface area contributed by atoms with Crippen LogP contribution in [0.15, 0.2) is 18.2 Å². The van der Waals surface area contributed by atoms with E-state index < -0.39 is 0 Å². The van der Waals surface area contributed by atoms with Gasteiger partial charge in [-0.2, -0.15) is 0 Å². The van der Waals surface area contributed by atoms with Gasteiger partial charge >= 0.3 is 6.03 Å². The number of nitrogens with one attached hydrogen (secondary N) is 2. The Balaban J connectivity index is 1.58. The molecule has 0 saturated carbocycles. The Morgan fingerprint density at radius 1 is 1.36 bits per heavy atom. The third kappa shape index (κ3) is 3.87. The molecule has 0 aromatic heterocycles. The van der Waals surface area contributed by atoms with Gasteiger partial charge in [-0.25, -0.2) is 4.79 Å². The first-order valence-corrected chi connectivity index (χ1v) is 9.21. The SMILES string of the molecule is CC(C)(CNC(=O)N1CCC2(CNC(=O)C2)C1)c1ccc(Cl)c(Cl)c1. The fraction of sp³-hybridized carbons (Fsp3) is 0.556. The van der Waals surface area contributed by atoms with Crippen molar-refractivity contribution in [2.45, 2.75) is 32.1 Å². The van der Waals surface area contributed by atoms with E-state index in [4.69, 9.17) is 23.2 Å². The summed E-state index contributed by atoms with van der Waals surface area (Å²) in [5, 5.41) is 6.93. The molecule has 1 spiro atoms. The Labute approximate surface area is 158 Å². The predicted octanol–water partition coefficient (Wildman–Crippen LogP) is 3.19. The number of carbonyl (C=O) groups excluding carboxylic acids is 2. The van der Waals surface area contributed by atoms with Crippen LogP contribution in [0.5, 0.6) is 0 Å². The number of hydrogen-bond donors (Lipinski definition) is 2. The maximum Gasteiger partial charge on any atom is 0.317 e.